The summed E-state index contributed by atoms with van der Waals surface area (Å²) in [4.78, 5) is 22.4. The lowest BCUT2D eigenvalue weighted by atomic mass is 10.1. The largest absolute Gasteiger partial charge is 0.318 e. The van der Waals surface area contributed by atoms with Crippen LogP contribution in [0.2, 0.25) is 0 Å². The molecular weight excluding hydrogens is 214 g/mol. The van der Waals surface area contributed by atoms with Gasteiger partial charge in [0.15, 0.2) is 0 Å². The molecule has 0 spiro atoms. The van der Waals surface area contributed by atoms with Gasteiger partial charge >= 0.3 is 0 Å². The van der Waals surface area contributed by atoms with Crippen LogP contribution < -0.4 is 5.32 Å². The van der Waals surface area contributed by atoms with E-state index in [0.717, 1.165) is 0 Å². The molecule has 1 aliphatic heterocycles. The van der Waals surface area contributed by atoms with Crippen molar-refractivity contribution in [2.45, 2.75) is 0 Å². The Labute approximate surface area is 91.4 Å². The number of benzene rings is 1. The van der Waals surface area contributed by atoms with E-state index in [1.54, 1.807) is 18.2 Å². The first-order valence-corrected chi connectivity index (χ1v) is 4.80. The Morgan fingerprint density at radius 2 is 2.13 bits per heavy atom. The average molecular weight is 220 g/mol. The van der Waals surface area contributed by atoms with Crippen LogP contribution in [-0.4, -0.2) is 17.6 Å². The first-order chi connectivity index (χ1) is 7.22. The highest BCUT2D eigenvalue weighted by Gasteiger charge is 2.27. The minimum atomic E-state index is -0.590. The van der Waals surface area contributed by atoms with Gasteiger partial charge in [0.1, 0.15) is 0 Å². The summed E-state index contributed by atoms with van der Waals surface area (Å²) in [6.45, 7) is 0. The number of hydrogen-bond acceptors (Lipinski definition) is 2. The number of anilines is 1. The Bertz CT molecular complexity index is 511. The first kappa shape index (κ1) is 9.75. The third-order valence-corrected chi connectivity index (χ3v) is 2.15. The zero-order chi connectivity index (χ0) is 10.8. The molecule has 0 saturated carbocycles. The quantitative estimate of drug-likeness (QED) is 0.407. The Kier molecular flexibility index (Phi) is 2.44. The number of Topliss-reactive ketones (excluding diaryl/α,β-unsaturated/α-hetero) is 1. The minimum Gasteiger partial charge on any atom is -0.318 e. The van der Waals surface area contributed by atoms with Gasteiger partial charge in [0.2, 0.25) is 0 Å². The van der Waals surface area contributed by atoms with Crippen molar-refractivity contribution in [3.63, 3.8) is 0 Å². The van der Waals surface area contributed by atoms with Crippen LogP contribution in [0.25, 0.3) is 0 Å². The van der Waals surface area contributed by atoms with E-state index in [9.17, 15) is 9.59 Å². The molecule has 0 bridgehead atoms. The lowest BCUT2D eigenvalue weighted by Crippen LogP contribution is -2.12. The van der Waals surface area contributed by atoms with Gasteiger partial charge < -0.3 is 5.32 Å². The molecule has 1 aromatic rings. The second kappa shape index (κ2) is 3.76. The van der Waals surface area contributed by atoms with Gasteiger partial charge in [-0.15, -0.1) is 11.6 Å². The fraction of sp³-hybridized carbons (Fsp3) is 0.0909. The van der Waals surface area contributed by atoms with Crippen LogP contribution in [0.3, 0.4) is 0 Å². The molecule has 0 unspecified atom stereocenters. The number of nitrogens with one attached hydrogen (secondary N) is 1. The number of ketones is 1. The van der Waals surface area contributed by atoms with E-state index in [2.05, 4.69) is 17.2 Å². The SMILES string of the molecule is O=C1Nc2ccc(C#CCCl)cc2C1=O. The third kappa shape index (κ3) is 1.72. The van der Waals surface area contributed by atoms with E-state index >= 15 is 0 Å². The zero-order valence-electron chi connectivity index (χ0n) is 7.63. The van der Waals surface area contributed by atoms with Gasteiger partial charge in [-0.05, 0) is 18.2 Å². The molecule has 4 heteroatoms. The van der Waals surface area contributed by atoms with E-state index in [1.807, 2.05) is 0 Å². The lowest BCUT2D eigenvalue weighted by molar-refractivity contribution is -0.112. The monoisotopic (exact) mass is 219 g/mol. The summed E-state index contributed by atoms with van der Waals surface area (Å²) in [5.74, 6) is 4.60. The smallest absolute Gasteiger partial charge is 0.296 e. The summed E-state index contributed by atoms with van der Waals surface area (Å²) in [5.41, 5.74) is 1.60. The number of rotatable bonds is 0. The topological polar surface area (TPSA) is 46.2 Å². The van der Waals surface area contributed by atoms with E-state index in [4.69, 9.17) is 11.6 Å². The number of carbonyl (C=O) groups excluding carboxylic acids is 2. The Morgan fingerprint density at radius 1 is 1.33 bits per heavy atom. The van der Waals surface area contributed by atoms with Crippen LogP contribution in [0.5, 0.6) is 0 Å². The number of halogens is 1. The van der Waals surface area contributed by atoms with Gasteiger partial charge in [0.25, 0.3) is 11.7 Å². The highest BCUT2D eigenvalue weighted by molar-refractivity contribution is 6.51. The molecule has 1 heterocycles. The predicted molar refractivity (Wildman–Crippen MR) is 57.0 cm³/mol. The van der Waals surface area contributed by atoms with Gasteiger partial charge in [-0.2, -0.15) is 0 Å². The van der Waals surface area contributed by atoms with Crippen LogP contribution in [0.15, 0.2) is 18.2 Å². The molecule has 0 radical (unpaired) electrons. The summed E-state index contributed by atoms with van der Waals surface area (Å²) >= 11 is 5.41. The maximum Gasteiger partial charge on any atom is 0.296 e. The fourth-order valence-corrected chi connectivity index (χ4v) is 1.42. The number of fused-ring (bicyclic) bond motifs is 1. The molecular formula is C11H6ClNO2. The number of alkyl halides is 1. The normalized spacial score (nSPS) is 12.9. The molecule has 1 aliphatic rings. The van der Waals surface area contributed by atoms with Crippen molar-refractivity contribution in [1.29, 1.82) is 0 Å². The maximum atomic E-state index is 11.3. The highest BCUT2D eigenvalue weighted by Crippen LogP contribution is 2.23. The molecule has 2 rings (SSSR count). The molecule has 15 heavy (non-hydrogen) atoms. The van der Waals surface area contributed by atoms with Crippen LogP contribution >= 0.6 is 11.6 Å². The molecule has 1 amide bonds. The van der Waals surface area contributed by atoms with Crippen LogP contribution in [0.1, 0.15) is 15.9 Å². The van der Waals surface area contributed by atoms with Gasteiger partial charge in [-0.25, -0.2) is 0 Å². The minimum absolute atomic E-state index is 0.238. The van der Waals surface area contributed by atoms with Crippen molar-refractivity contribution >= 4 is 29.0 Å². The van der Waals surface area contributed by atoms with Crippen LogP contribution in [-0.2, 0) is 4.79 Å². The summed E-state index contributed by atoms with van der Waals surface area (Å²) in [6.07, 6.45) is 0. The van der Waals surface area contributed by atoms with E-state index in [0.29, 0.717) is 16.8 Å². The molecule has 0 aromatic heterocycles. The van der Waals surface area contributed by atoms with Crippen molar-refractivity contribution in [2.24, 2.45) is 0 Å². The van der Waals surface area contributed by atoms with Gasteiger partial charge in [-0.1, -0.05) is 11.8 Å². The summed E-state index contributed by atoms with van der Waals surface area (Å²) < 4.78 is 0. The fourth-order valence-electron chi connectivity index (χ4n) is 1.36. The van der Waals surface area contributed by atoms with Crippen LogP contribution in [0, 0.1) is 11.8 Å². The van der Waals surface area contributed by atoms with E-state index in [-0.39, 0.29) is 5.88 Å². The first-order valence-electron chi connectivity index (χ1n) is 4.27. The van der Waals surface area contributed by atoms with Gasteiger partial charge in [-0.3, -0.25) is 9.59 Å². The highest BCUT2D eigenvalue weighted by atomic mass is 35.5. The van der Waals surface area contributed by atoms with Crippen LogP contribution in [0.4, 0.5) is 5.69 Å². The van der Waals surface area contributed by atoms with Crippen molar-refractivity contribution in [1.82, 2.24) is 0 Å². The second-order valence-electron chi connectivity index (χ2n) is 2.98. The number of carbonyl (C=O) groups is 2. The van der Waals surface area contributed by atoms with Crippen molar-refractivity contribution in [2.75, 3.05) is 11.2 Å². The predicted octanol–water partition coefficient (Wildman–Crippen LogP) is 1.41. The van der Waals surface area contributed by atoms with E-state index in [1.165, 1.54) is 0 Å². The molecule has 1 N–H and O–H groups in total. The molecule has 0 aliphatic carbocycles. The molecule has 74 valence electrons. The summed E-state index contributed by atoms with van der Waals surface area (Å²) in [6, 6.07) is 4.99. The Morgan fingerprint density at radius 3 is 2.87 bits per heavy atom. The maximum absolute atomic E-state index is 11.3. The van der Waals surface area contributed by atoms with Gasteiger partial charge in [0, 0.05) is 5.56 Å². The zero-order valence-corrected chi connectivity index (χ0v) is 8.39. The summed E-state index contributed by atoms with van der Waals surface area (Å²) in [7, 11) is 0. The third-order valence-electron chi connectivity index (χ3n) is 2.02. The van der Waals surface area contributed by atoms with Crippen molar-refractivity contribution in [3.8, 4) is 11.8 Å². The number of amides is 1. The van der Waals surface area contributed by atoms with Gasteiger partial charge in [0.05, 0.1) is 17.1 Å². The summed E-state index contributed by atoms with van der Waals surface area (Å²) in [5, 5.41) is 2.47. The van der Waals surface area contributed by atoms with E-state index < -0.39 is 11.7 Å². The second-order valence-corrected chi connectivity index (χ2v) is 3.25. The average Bonchev–Trinajstić information content (AvgIpc) is 2.52. The standard InChI is InChI=1S/C11H6ClNO2/c12-5-1-2-7-3-4-9-8(6-7)10(14)11(15)13-9/h3-4,6H,5H2,(H,13,14,15). The molecule has 0 fully saturated rings. The molecule has 1 aromatic carbocycles. The Balaban J connectivity index is 2.44. The molecule has 3 nitrogen and oxygen atoms in total. The van der Waals surface area contributed by atoms with Crippen molar-refractivity contribution in [3.05, 3.63) is 29.3 Å². The Hall–Kier alpha value is -1.79. The number of hydrogen-bond donors (Lipinski definition) is 1. The molecule has 0 atom stereocenters. The van der Waals surface area contributed by atoms with Crippen molar-refractivity contribution < 1.29 is 9.59 Å². The lowest BCUT2D eigenvalue weighted by Gasteiger charge is -1.96. The molecule has 0 saturated heterocycles.